The van der Waals surface area contributed by atoms with Gasteiger partial charge in [0.25, 0.3) is 0 Å². The Labute approximate surface area is 105 Å². The first kappa shape index (κ1) is 15.3. The molecule has 1 atom stereocenters. The minimum Gasteiger partial charge on any atom is -0.497 e. The lowest BCUT2D eigenvalue weighted by molar-refractivity contribution is 0.413. The first-order chi connectivity index (χ1) is 7.13. The van der Waals surface area contributed by atoms with Crippen molar-refractivity contribution in [1.29, 1.82) is 0 Å². The monoisotopic (exact) mass is 243 g/mol. The van der Waals surface area contributed by atoms with Gasteiger partial charge in [-0.25, -0.2) is 0 Å². The summed E-state index contributed by atoms with van der Waals surface area (Å²) in [6.45, 7) is 4.44. The predicted octanol–water partition coefficient (Wildman–Crippen LogP) is 3.55. The van der Waals surface area contributed by atoms with Crippen LogP contribution >= 0.6 is 12.4 Å². The number of hydrogen-bond acceptors (Lipinski definition) is 2. The van der Waals surface area contributed by atoms with Gasteiger partial charge in [-0.15, -0.1) is 12.4 Å². The molecule has 0 heterocycles. The summed E-state index contributed by atoms with van der Waals surface area (Å²) in [6.07, 6.45) is 2.20. The van der Waals surface area contributed by atoms with E-state index in [0.29, 0.717) is 5.92 Å². The van der Waals surface area contributed by atoms with Crippen molar-refractivity contribution in [1.82, 2.24) is 0 Å². The first-order valence-corrected chi connectivity index (χ1v) is 5.53. The van der Waals surface area contributed by atoms with Crippen LogP contribution in [0, 0.1) is 5.92 Å². The fourth-order valence-corrected chi connectivity index (χ4v) is 1.55. The molecule has 0 amide bonds. The molecule has 0 aliphatic rings. The molecule has 16 heavy (non-hydrogen) atoms. The lowest BCUT2D eigenvalue weighted by Gasteiger charge is -2.14. The fourth-order valence-electron chi connectivity index (χ4n) is 1.55. The molecule has 0 aliphatic heterocycles. The number of halogens is 1. The molecule has 0 fully saturated rings. The zero-order valence-corrected chi connectivity index (χ0v) is 11.1. The van der Waals surface area contributed by atoms with Gasteiger partial charge in [0.2, 0.25) is 0 Å². The molecule has 0 aliphatic carbocycles. The highest BCUT2D eigenvalue weighted by Crippen LogP contribution is 2.22. The van der Waals surface area contributed by atoms with Gasteiger partial charge < -0.3 is 10.5 Å². The van der Waals surface area contributed by atoms with E-state index in [1.165, 1.54) is 6.42 Å². The number of benzene rings is 1. The highest BCUT2D eigenvalue weighted by Gasteiger charge is 2.07. The van der Waals surface area contributed by atoms with Gasteiger partial charge in [0, 0.05) is 6.04 Å². The maximum atomic E-state index is 6.11. The molecule has 0 bridgehead atoms. The van der Waals surface area contributed by atoms with E-state index in [-0.39, 0.29) is 18.4 Å². The average molecular weight is 244 g/mol. The number of nitrogens with two attached hydrogens (primary N) is 1. The van der Waals surface area contributed by atoms with Gasteiger partial charge in [0.15, 0.2) is 0 Å². The standard InChI is InChI=1S/C13H21NO.ClH/c1-10(2)7-8-13(14)11-5-4-6-12(9-11)15-3;/h4-6,9-10,13H,7-8,14H2,1-3H3;1H. The zero-order valence-electron chi connectivity index (χ0n) is 10.3. The number of ether oxygens (including phenoxy) is 1. The van der Waals surface area contributed by atoms with Crippen LogP contribution in [0.3, 0.4) is 0 Å². The van der Waals surface area contributed by atoms with E-state index in [1.54, 1.807) is 7.11 Å². The van der Waals surface area contributed by atoms with E-state index in [2.05, 4.69) is 19.9 Å². The first-order valence-electron chi connectivity index (χ1n) is 5.53. The van der Waals surface area contributed by atoms with Crippen molar-refractivity contribution in [2.45, 2.75) is 32.7 Å². The van der Waals surface area contributed by atoms with Crippen LogP contribution in [-0.4, -0.2) is 7.11 Å². The van der Waals surface area contributed by atoms with Gasteiger partial charge in [-0.05, 0) is 36.5 Å². The van der Waals surface area contributed by atoms with Crippen LogP contribution in [-0.2, 0) is 0 Å². The van der Waals surface area contributed by atoms with Crippen molar-refractivity contribution >= 4 is 12.4 Å². The topological polar surface area (TPSA) is 35.2 Å². The second-order valence-corrected chi connectivity index (χ2v) is 4.35. The van der Waals surface area contributed by atoms with Gasteiger partial charge in [0.1, 0.15) is 5.75 Å². The van der Waals surface area contributed by atoms with E-state index in [4.69, 9.17) is 10.5 Å². The lowest BCUT2D eigenvalue weighted by atomic mass is 9.98. The Morgan fingerprint density at radius 2 is 1.94 bits per heavy atom. The van der Waals surface area contributed by atoms with Crippen LogP contribution < -0.4 is 10.5 Å². The summed E-state index contributed by atoms with van der Waals surface area (Å²) in [7, 11) is 1.68. The summed E-state index contributed by atoms with van der Waals surface area (Å²) in [5.41, 5.74) is 7.27. The van der Waals surface area contributed by atoms with Crippen LogP contribution in [0.1, 0.15) is 38.3 Å². The third-order valence-corrected chi connectivity index (χ3v) is 2.58. The molecule has 0 saturated heterocycles. The maximum absolute atomic E-state index is 6.11. The molecule has 3 heteroatoms. The summed E-state index contributed by atoms with van der Waals surface area (Å²) in [6, 6.07) is 8.14. The molecular weight excluding hydrogens is 222 g/mol. The predicted molar refractivity (Wildman–Crippen MR) is 71.2 cm³/mol. The highest BCUT2D eigenvalue weighted by molar-refractivity contribution is 5.85. The smallest absolute Gasteiger partial charge is 0.119 e. The van der Waals surface area contributed by atoms with Crippen molar-refractivity contribution in [2.75, 3.05) is 7.11 Å². The van der Waals surface area contributed by atoms with Crippen molar-refractivity contribution in [3.05, 3.63) is 29.8 Å². The van der Waals surface area contributed by atoms with E-state index in [1.807, 2.05) is 18.2 Å². The molecule has 1 rings (SSSR count). The third kappa shape index (κ3) is 4.86. The zero-order chi connectivity index (χ0) is 11.3. The van der Waals surface area contributed by atoms with Gasteiger partial charge in [-0.1, -0.05) is 26.0 Å². The van der Waals surface area contributed by atoms with E-state index in [0.717, 1.165) is 17.7 Å². The second kappa shape index (κ2) is 7.53. The molecule has 1 aromatic carbocycles. The van der Waals surface area contributed by atoms with Crippen molar-refractivity contribution in [2.24, 2.45) is 11.7 Å². The van der Waals surface area contributed by atoms with E-state index in [9.17, 15) is 0 Å². The molecule has 2 N–H and O–H groups in total. The molecule has 1 unspecified atom stereocenters. The summed E-state index contributed by atoms with van der Waals surface area (Å²) >= 11 is 0. The van der Waals surface area contributed by atoms with Gasteiger partial charge in [0.05, 0.1) is 7.11 Å². The molecule has 0 aromatic heterocycles. The molecule has 0 saturated carbocycles. The molecule has 0 radical (unpaired) electrons. The second-order valence-electron chi connectivity index (χ2n) is 4.35. The van der Waals surface area contributed by atoms with Crippen molar-refractivity contribution in [3.8, 4) is 5.75 Å². The van der Waals surface area contributed by atoms with Crippen LogP contribution in [0.25, 0.3) is 0 Å². The van der Waals surface area contributed by atoms with Gasteiger partial charge >= 0.3 is 0 Å². The Kier molecular flexibility index (Phi) is 7.18. The molecular formula is C13H22ClNO. The Morgan fingerprint density at radius 3 is 2.50 bits per heavy atom. The Balaban J connectivity index is 0.00000225. The minimum absolute atomic E-state index is 0. The lowest BCUT2D eigenvalue weighted by Crippen LogP contribution is -2.11. The Bertz CT molecular complexity index is 302. The van der Waals surface area contributed by atoms with Crippen LogP contribution in [0.15, 0.2) is 24.3 Å². The van der Waals surface area contributed by atoms with Crippen LogP contribution in [0.5, 0.6) is 5.75 Å². The van der Waals surface area contributed by atoms with Crippen LogP contribution in [0.2, 0.25) is 0 Å². The summed E-state index contributed by atoms with van der Waals surface area (Å²) in [4.78, 5) is 0. The van der Waals surface area contributed by atoms with Gasteiger partial charge in [-0.2, -0.15) is 0 Å². The van der Waals surface area contributed by atoms with E-state index < -0.39 is 0 Å². The molecule has 92 valence electrons. The van der Waals surface area contributed by atoms with Crippen LogP contribution in [0.4, 0.5) is 0 Å². The van der Waals surface area contributed by atoms with E-state index >= 15 is 0 Å². The number of hydrogen-bond donors (Lipinski definition) is 1. The number of methoxy groups -OCH3 is 1. The Morgan fingerprint density at radius 1 is 1.25 bits per heavy atom. The van der Waals surface area contributed by atoms with Crippen molar-refractivity contribution < 1.29 is 4.74 Å². The third-order valence-electron chi connectivity index (χ3n) is 2.58. The normalized spacial score (nSPS) is 12.1. The van der Waals surface area contributed by atoms with Crippen molar-refractivity contribution in [3.63, 3.8) is 0 Å². The van der Waals surface area contributed by atoms with Gasteiger partial charge in [-0.3, -0.25) is 0 Å². The summed E-state index contributed by atoms with van der Waals surface area (Å²) < 4.78 is 5.18. The molecule has 1 aromatic rings. The molecule has 0 spiro atoms. The molecule has 2 nitrogen and oxygen atoms in total. The quantitative estimate of drug-likeness (QED) is 0.859. The number of rotatable bonds is 5. The summed E-state index contributed by atoms with van der Waals surface area (Å²) in [5.74, 6) is 1.59. The largest absolute Gasteiger partial charge is 0.497 e. The maximum Gasteiger partial charge on any atom is 0.119 e. The fraction of sp³-hybridized carbons (Fsp3) is 0.538. The SMILES string of the molecule is COc1cccc(C(N)CCC(C)C)c1.Cl. The average Bonchev–Trinajstić information content (AvgIpc) is 2.26. The minimum atomic E-state index is 0. The Hall–Kier alpha value is -0.730. The summed E-state index contributed by atoms with van der Waals surface area (Å²) in [5, 5.41) is 0. The highest BCUT2D eigenvalue weighted by atomic mass is 35.5.